The Balaban J connectivity index is 4.69. The first-order valence-corrected chi connectivity index (χ1v) is 10.3. The minimum absolute atomic E-state index is 0.00939. The van der Waals surface area contributed by atoms with E-state index < -0.39 is 11.2 Å². The Morgan fingerprint density at radius 2 is 1.27 bits per heavy atom. The summed E-state index contributed by atoms with van der Waals surface area (Å²) in [5, 5.41) is 0. The summed E-state index contributed by atoms with van der Waals surface area (Å²) in [6.45, 7) is 21.3. The van der Waals surface area contributed by atoms with E-state index in [-0.39, 0.29) is 22.8 Å². The van der Waals surface area contributed by atoms with Crippen LogP contribution in [0.5, 0.6) is 0 Å². The number of thioether (sulfide) groups is 1. The number of esters is 2. The van der Waals surface area contributed by atoms with Crippen LogP contribution in [0.3, 0.4) is 0 Å². The Bertz CT molecular complexity index is 508. The summed E-state index contributed by atoms with van der Waals surface area (Å²) in [7, 11) is 0. The first-order chi connectivity index (χ1) is 11.5. The Labute approximate surface area is 164 Å². The molecule has 0 aromatic carbocycles. The van der Waals surface area contributed by atoms with E-state index in [0.29, 0.717) is 0 Å². The zero-order chi connectivity index (χ0) is 20.8. The molecule has 0 rings (SSSR count). The van der Waals surface area contributed by atoms with Gasteiger partial charge in [0.15, 0.2) is 0 Å². The molecule has 0 saturated carbocycles. The van der Waals surface area contributed by atoms with Gasteiger partial charge < -0.3 is 9.47 Å². The molecular weight excluding hydrogens is 348 g/mol. The van der Waals surface area contributed by atoms with E-state index in [9.17, 15) is 9.59 Å². The maximum atomic E-state index is 11.3. The summed E-state index contributed by atoms with van der Waals surface area (Å²) < 4.78 is 10.9. The number of carbonyl (C=O) groups is 2. The third-order valence-electron chi connectivity index (χ3n) is 3.95. The zero-order valence-corrected chi connectivity index (χ0v) is 19.0. The number of hydrogen-bond acceptors (Lipinski definition) is 5. The lowest BCUT2D eigenvalue weighted by atomic mass is 9.82. The lowest BCUT2D eigenvalue weighted by Gasteiger charge is -2.37. The summed E-state index contributed by atoms with van der Waals surface area (Å²) in [6.07, 6.45) is 3.23. The zero-order valence-electron chi connectivity index (χ0n) is 18.2. The molecule has 0 aliphatic rings. The third kappa shape index (κ3) is 10.9. The van der Waals surface area contributed by atoms with Gasteiger partial charge in [0.25, 0.3) is 0 Å². The van der Waals surface area contributed by atoms with Crippen molar-refractivity contribution >= 4 is 23.7 Å². The van der Waals surface area contributed by atoms with Crippen molar-refractivity contribution in [2.45, 2.75) is 86.4 Å². The maximum Gasteiger partial charge on any atom is 0.303 e. The van der Waals surface area contributed by atoms with Crippen molar-refractivity contribution in [3.05, 3.63) is 12.7 Å². The quantitative estimate of drug-likeness (QED) is 0.351. The molecule has 0 spiro atoms. The van der Waals surface area contributed by atoms with Crippen LogP contribution >= 0.6 is 11.8 Å². The topological polar surface area (TPSA) is 52.6 Å². The molecule has 0 heterocycles. The number of rotatable bonds is 11. The third-order valence-corrected chi connectivity index (χ3v) is 5.92. The van der Waals surface area contributed by atoms with E-state index in [1.807, 2.05) is 32.5 Å². The van der Waals surface area contributed by atoms with Crippen molar-refractivity contribution in [3.63, 3.8) is 0 Å². The van der Waals surface area contributed by atoms with Crippen molar-refractivity contribution in [2.24, 2.45) is 10.8 Å². The van der Waals surface area contributed by atoms with E-state index >= 15 is 0 Å². The maximum absolute atomic E-state index is 11.3. The van der Waals surface area contributed by atoms with Crippen LogP contribution in [0.4, 0.5) is 0 Å². The molecule has 0 N–H and O–H groups in total. The summed E-state index contributed by atoms with van der Waals surface area (Å²) in [4.78, 5) is 22.6. The molecule has 1 atom stereocenters. The number of carbonyl (C=O) groups excluding carboxylic acids is 2. The lowest BCUT2D eigenvalue weighted by Crippen LogP contribution is -2.36. The normalized spacial score (nSPS) is 15.1. The summed E-state index contributed by atoms with van der Waals surface area (Å²) >= 11 is 1.88. The fourth-order valence-electron chi connectivity index (χ4n) is 3.71. The monoisotopic (exact) mass is 386 g/mol. The van der Waals surface area contributed by atoms with Crippen LogP contribution < -0.4 is 0 Å². The molecule has 0 bridgehead atoms. The Hall–Kier alpha value is -0.970. The Morgan fingerprint density at radius 3 is 1.65 bits per heavy atom. The van der Waals surface area contributed by atoms with Gasteiger partial charge in [-0.1, -0.05) is 34.3 Å². The van der Waals surface area contributed by atoms with Crippen molar-refractivity contribution < 1.29 is 19.1 Å². The van der Waals surface area contributed by atoms with Gasteiger partial charge in [-0.15, -0.1) is 0 Å². The van der Waals surface area contributed by atoms with Crippen LogP contribution in [0, 0.1) is 10.8 Å². The minimum atomic E-state index is -0.650. The first-order valence-electron chi connectivity index (χ1n) is 9.12. The molecular formula is C21H38O4S. The second kappa shape index (κ2) is 9.29. The molecule has 0 aliphatic heterocycles. The molecule has 0 aromatic rings. The highest BCUT2D eigenvalue weighted by Gasteiger charge is 2.35. The van der Waals surface area contributed by atoms with Crippen LogP contribution in [-0.2, 0) is 19.1 Å². The van der Waals surface area contributed by atoms with Gasteiger partial charge in [-0.3, -0.25) is 9.59 Å². The molecule has 26 heavy (non-hydrogen) atoms. The highest BCUT2D eigenvalue weighted by Crippen LogP contribution is 2.38. The van der Waals surface area contributed by atoms with E-state index in [1.54, 1.807) is 6.08 Å². The second-order valence-corrected chi connectivity index (χ2v) is 10.6. The SMILES string of the molecule is C=CC(C)(CC(C)(C)CSCC(C)(C)CC(C)(C)OC(C)=O)OC(C)=O. The average molecular weight is 387 g/mol. The van der Waals surface area contributed by atoms with Crippen LogP contribution in [0.15, 0.2) is 12.7 Å². The standard InChI is InChI=1S/C21H38O4S/c1-11-21(10,25-17(3)23)13-19(6,7)15-26-14-18(4,5)12-20(8,9)24-16(2)22/h11H,1,12-15H2,2-10H3. The predicted octanol–water partition coefficient (Wildman–Crippen LogP) is 5.40. The van der Waals surface area contributed by atoms with E-state index in [1.165, 1.54) is 13.8 Å². The van der Waals surface area contributed by atoms with Crippen LogP contribution in [0.2, 0.25) is 0 Å². The molecule has 4 nitrogen and oxygen atoms in total. The van der Waals surface area contributed by atoms with Crippen LogP contribution in [-0.4, -0.2) is 34.6 Å². The van der Waals surface area contributed by atoms with Crippen LogP contribution in [0.1, 0.15) is 75.2 Å². The Kier molecular flexibility index (Phi) is 8.95. The molecule has 0 amide bonds. The number of hydrogen-bond donors (Lipinski definition) is 0. The van der Waals surface area contributed by atoms with E-state index in [4.69, 9.17) is 9.47 Å². The van der Waals surface area contributed by atoms with Gasteiger partial charge in [0.2, 0.25) is 0 Å². The van der Waals surface area contributed by atoms with Crippen molar-refractivity contribution in [3.8, 4) is 0 Å². The molecule has 1 unspecified atom stereocenters. The van der Waals surface area contributed by atoms with Crippen molar-refractivity contribution in [2.75, 3.05) is 11.5 Å². The molecule has 0 fully saturated rings. The Morgan fingerprint density at radius 1 is 0.846 bits per heavy atom. The van der Waals surface area contributed by atoms with Gasteiger partial charge >= 0.3 is 11.9 Å². The van der Waals surface area contributed by atoms with Gasteiger partial charge in [-0.25, -0.2) is 0 Å². The minimum Gasteiger partial charge on any atom is -0.460 e. The highest BCUT2D eigenvalue weighted by atomic mass is 32.2. The highest BCUT2D eigenvalue weighted by molar-refractivity contribution is 7.99. The van der Waals surface area contributed by atoms with Gasteiger partial charge in [0.1, 0.15) is 11.2 Å². The van der Waals surface area contributed by atoms with Gasteiger partial charge in [-0.05, 0) is 62.0 Å². The molecule has 0 radical (unpaired) electrons. The largest absolute Gasteiger partial charge is 0.460 e. The predicted molar refractivity (Wildman–Crippen MR) is 110 cm³/mol. The lowest BCUT2D eigenvalue weighted by molar-refractivity contribution is -0.156. The fourth-order valence-corrected chi connectivity index (χ4v) is 5.12. The van der Waals surface area contributed by atoms with Crippen molar-refractivity contribution in [1.82, 2.24) is 0 Å². The smallest absolute Gasteiger partial charge is 0.303 e. The molecule has 0 aliphatic carbocycles. The van der Waals surface area contributed by atoms with E-state index in [0.717, 1.165) is 24.3 Å². The molecule has 0 saturated heterocycles. The molecule has 152 valence electrons. The van der Waals surface area contributed by atoms with Gasteiger partial charge in [0.05, 0.1) is 0 Å². The van der Waals surface area contributed by atoms with Gasteiger partial charge in [-0.2, -0.15) is 11.8 Å². The first kappa shape index (κ1) is 25.0. The summed E-state index contributed by atoms with van der Waals surface area (Å²) in [5.74, 6) is 1.37. The average Bonchev–Trinajstić information content (AvgIpc) is 2.32. The molecule has 0 aromatic heterocycles. The second-order valence-electron chi connectivity index (χ2n) is 9.64. The van der Waals surface area contributed by atoms with E-state index in [2.05, 4.69) is 34.3 Å². The summed E-state index contributed by atoms with van der Waals surface area (Å²) in [6, 6.07) is 0. The number of ether oxygens (including phenoxy) is 2. The fraction of sp³-hybridized carbons (Fsp3) is 0.810. The van der Waals surface area contributed by atoms with Gasteiger partial charge in [0, 0.05) is 13.8 Å². The van der Waals surface area contributed by atoms with Crippen LogP contribution in [0.25, 0.3) is 0 Å². The summed E-state index contributed by atoms with van der Waals surface area (Å²) in [5.41, 5.74) is -1.09. The van der Waals surface area contributed by atoms with Crippen molar-refractivity contribution in [1.29, 1.82) is 0 Å². The molecule has 5 heteroatoms.